The van der Waals surface area contributed by atoms with Gasteiger partial charge in [-0.1, -0.05) is 0 Å². The van der Waals surface area contributed by atoms with Gasteiger partial charge in [0.15, 0.2) is 0 Å². The van der Waals surface area contributed by atoms with Crippen molar-refractivity contribution in [3.63, 3.8) is 0 Å². The van der Waals surface area contributed by atoms with E-state index in [0.717, 1.165) is 11.5 Å². The summed E-state index contributed by atoms with van der Waals surface area (Å²) in [5.74, 6) is 0.910. The SMILES string of the molecule is Cc1ncc(C2(O)CCOC2C)n1C. The molecular weight excluding hydrogens is 180 g/mol. The number of hydrogen-bond donors (Lipinski definition) is 1. The third-order valence-electron chi connectivity index (χ3n) is 3.19. The third kappa shape index (κ3) is 1.18. The van der Waals surface area contributed by atoms with Crippen molar-refractivity contribution in [3.05, 3.63) is 17.7 Å². The smallest absolute Gasteiger partial charge is 0.134 e. The fourth-order valence-corrected chi connectivity index (χ4v) is 1.97. The van der Waals surface area contributed by atoms with Crippen LogP contribution in [-0.4, -0.2) is 27.4 Å². The standard InChI is InChI=1S/C10H16N2O2/c1-7-10(13,4-5-14-7)9-6-11-8(2)12(9)3/h6-7,13H,4-5H2,1-3H3. The van der Waals surface area contributed by atoms with E-state index < -0.39 is 5.60 Å². The fourth-order valence-electron chi connectivity index (χ4n) is 1.97. The van der Waals surface area contributed by atoms with Gasteiger partial charge in [0.05, 0.1) is 24.6 Å². The number of aromatic nitrogens is 2. The van der Waals surface area contributed by atoms with Crippen molar-refractivity contribution in [2.75, 3.05) is 6.61 Å². The second-order valence-electron chi connectivity index (χ2n) is 3.94. The predicted octanol–water partition coefficient (Wildman–Crippen LogP) is 0.725. The van der Waals surface area contributed by atoms with Crippen LogP contribution < -0.4 is 0 Å². The zero-order chi connectivity index (χ0) is 10.3. The first-order chi connectivity index (χ1) is 6.55. The number of aliphatic hydroxyl groups is 1. The number of aryl methyl sites for hydroxylation is 1. The molecule has 0 aliphatic carbocycles. The summed E-state index contributed by atoms with van der Waals surface area (Å²) < 4.78 is 7.32. The van der Waals surface area contributed by atoms with E-state index in [1.165, 1.54) is 0 Å². The average Bonchev–Trinajstić information content (AvgIpc) is 2.62. The molecule has 1 N–H and O–H groups in total. The minimum atomic E-state index is -0.865. The Bertz CT molecular complexity index is 348. The molecule has 1 aromatic heterocycles. The quantitative estimate of drug-likeness (QED) is 0.720. The number of imidazole rings is 1. The largest absolute Gasteiger partial charge is 0.381 e. The van der Waals surface area contributed by atoms with Crippen molar-refractivity contribution >= 4 is 0 Å². The molecule has 0 bridgehead atoms. The Labute approximate surface area is 83.5 Å². The molecule has 2 unspecified atom stereocenters. The highest BCUT2D eigenvalue weighted by Crippen LogP contribution is 2.35. The molecule has 1 aliphatic rings. The summed E-state index contributed by atoms with van der Waals surface area (Å²) >= 11 is 0. The van der Waals surface area contributed by atoms with Gasteiger partial charge in [0, 0.05) is 13.5 Å². The Kier molecular flexibility index (Phi) is 2.12. The highest BCUT2D eigenvalue weighted by molar-refractivity contribution is 5.16. The first-order valence-corrected chi connectivity index (χ1v) is 4.88. The second-order valence-corrected chi connectivity index (χ2v) is 3.94. The van der Waals surface area contributed by atoms with Gasteiger partial charge >= 0.3 is 0 Å². The summed E-state index contributed by atoms with van der Waals surface area (Å²) in [4.78, 5) is 4.19. The van der Waals surface area contributed by atoms with Gasteiger partial charge in [0.2, 0.25) is 0 Å². The minimum absolute atomic E-state index is 0.155. The number of hydrogen-bond acceptors (Lipinski definition) is 3. The second kappa shape index (κ2) is 3.07. The summed E-state index contributed by atoms with van der Waals surface area (Å²) in [6.45, 7) is 4.44. The molecule has 1 aromatic rings. The van der Waals surface area contributed by atoms with E-state index in [9.17, 15) is 5.11 Å². The predicted molar refractivity (Wildman–Crippen MR) is 51.9 cm³/mol. The average molecular weight is 196 g/mol. The van der Waals surface area contributed by atoms with E-state index in [-0.39, 0.29) is 6.10 Å². The highest BCUT2D eigenvalue weighted by atomic mass is 16.5. The van der Waals surface area contributed by atoms with Crippen LogP contribution in [0.25, 0.3) is 0 Å². The van der Waals surface area contributed by atoms with Crippen molar-refractivity contribution in [2.45, 2.75) is 32.0 Å². The minimum Gasteiger partial charge on any atom is -0.381 e. The fraction of sp³-hybridized carbons (Fsp3) is 0.700. The van der Waals surface area contributed by atoms with Crippen molar-refractivity contribution in [2.24, 2.45) is 7.05 Å². The lowest BCUT2D eigenvalue weighted by Gasteiger charge is -2.26. The molecule has 0 spiro atoms. The van der Waals surface area contributed by atoms with E-state index in [4.69, 9.17) is 4.74 Å². The van der Waals surface area contributed by atoms with E-state index in [1.54, 1.807) is 6.20 Å². The molecule has 4 heteroatoms. The molecule has 0 radical (unpaired) electrons. The molecule has 4 nitrogen and oxygen atoms in total. The van der Waals surface area contributed by atoms with Gasteiger partial charge in [-0.2, -0.15) is 0 Å². The summed E-state index contributed by atoms with van der Waals surface area (Å²) in [5, 5.41) is 10.4. The van der Waals surface area contributed by atoms with E-state index in [1.807, 2.05) is 25.5 Å². The van der Waals surface area contributed by atoms with Gasteiger partial charge in [-0.25, -0.2) is 4.98 Å². The maximum Gasteiger partial charge on any atom is 0.134 e. The molecule has 1 fully saturated rings. The van der Waals surface area contributed by atoms with Crippen molar-refractivity contribution in [1.82, 2.24) is 9.55 Å². The zero-order valence-corrected chi connectivity index (χ0v) is 8.82. The third-order valence-corrected chi connectivity index (χ3v) is 3.19. The van der Waals surface area contributed by atoms with Gasteiger partial charge < -0.3 is 14.4 Å². The maximum atomic E-state index is 10.4. The van der Waals surface area contributed by atoms with E-state index in [0.29, 0.717) is 13.0 Å². The Morgan fingerprint density at radius 3 is 2.86 bits per heavy atom. The van der Waals surface area contributed by atoms with Crippen molar-refractivity contribution < 1.29 is 9.84 Å². The van der Waals surface area contributed by atoms with Crippen LogP contribution in [0.5, 0.6) is 0 Å². The van der Waals surface area contributed by atoms with Crippen LogP contribution in [0, 0.1) is 6.92 Å². The summed E-state index contributed by atoms with van der Waals surface area (Å²) in [5.41, 5.74) is -0.0178. The molecule has 2 heterocycles. The topological polar surface area (TPSA) is 47.3 Å². The van der Waals surface area contributed by atoms with Gasteiger partial charge in [0.1, 0.15) is 11.4 Å². The van der Waals surface area contributed by atoms with Crippen LogP contribution >= 0.6 is 0 Å². The summed E-state index contributed by atoms with van der Waals surface area (Å²) in [6, 6.07) is 0. The molecule has 0 amide bonds. The molecule has 2 rings (SSSR count). The monoisotopic (exact) mass is 196 g/mol. The van der Waals surface area contributed by atoms with Crippen LogP contribution in [-0.2, 0) is 17.4 Å². The molecule has 0 aromatic carbocycles. The molecule has 1 aliphatic heterocycles. The maximum absolute atomic E-state index is 10.4. The van der Waals surface area contributed by atoms with Crippen LogP contribution in [0.15, 0.2) is 6.20 Å². The molecule has 2 atom stereocenters. The Morgan fingerprint density at radius 2 is 2.43 bits per heavy atom. The Morgan fingerprint density at radius 1 is 1.71 bits per heavy atom. The summed E-state index contributed by atoms with van der Waals surface area (Å²) in [6.07, 6.45) is 2.23. The Balaban J connectivity index is 2.43. The van der Waals surface area contributed by atoms with Crippen LogP contribution in [0.1, 0.15) is 24.9 Å². The van der Waals surface area contributed by atoms with Crippen LogP contribution in [0.2, 0.25) is 0 Å². The van der Waals surface area contributed by atoms with E-state index in [2.05, 4.69) is 4.98 Å². The van der Waals surface area contributed by atoms with Crippen LogP contribution in [0.4, 0.5) is 0 Å². The summed E-state index contributed by atoms with van der Waals surface area (Å²) in [7, 11) is 1.92. The van der Waals surface area contributed by atoms with Crippen molar-refractivity contribution in [3.8, 4) is 0 Å². The molecule has 14 heavy (non-hydrogen) atoms. The number of ether oxygens (including phenoxy) is 1. The van der Waals surface area contributed by atoms with E-state index >= 15 is 0 Å². The van der Waals surface area contributed by atoms with Crippen molar-refractivity contribution in [1.29, 1.82) is 0 Å². The zero-order valence-electron chi connectivity index (χ0n) is 8.82. The number of nitrogens with zero attached hydrogens (tertiary/aromatic N) is 2. The van der Waals surface area contributed by atoms with Gasteiger partial charge in [-0.3, -0.25) is 0 Å². The first kappa shape index (κ1) is 9.68. The lowest BCUT2D eigenvalue weighted by atomic mass is 9.93. The first-order valence-electron chi connectivity index (χ1n) is 4.88. The lowest BCUT2D eigenvalue weighted by Crippen LogP contribution is -2.35. The van der Waals surface area contributed by atoms with Gasteiger partial charge in [-0.05, 0) is 13.8 Å². The Hall–Kier alpha value is -0.870. The molecular formula is C10H16N2O2. The molecule has 1 saturated heterocycles. The highest BCUT2D eigenvalue weighted by Gasteiger charge is 2.43. The normalized spacial score (nSPS) is 32.4. The lowest BCUT2D eigenvalue weighted by molar-refractivity contribution is -0.0366. The van der Waals surface area contributed by atoms with Gasteiger partial charge in [0.25, 0.3) is 0 Å². The molecule has 0 saturated carbocycles. The van der Waals surface area contributed by atoms with Gasteiger partial charge in [-0.15, -0.1) is 0 Å². The molecule has 78 valence electrons. The number of rotatable bonds is 1. The van der Waals surface area contributed by atoms with Crippen LogP contribution in [0.3, 0.4) is 0 Å².